The first-order chi connectivity index (χ1) is 25.6. The number of fused-ring (bicyclic) bond motifs is 8. The fourth-order valence-corrected chi connectivity index (χ4v) is 9.50. The van der Waals surface area contributed by atoms with Gasteiger partial charge >= 0.3 is 0 Å². The molecule has 1 heterocycles. The Hall–Kier alpha value is -5.92. The Morgan fingerprint density at radius 1 is 0.404 bits per heavy atom. The molecule has 1 nitrogen and oxygen atoms in total. The quantitative estimate of drug-likeness (QED) is 0.159. The Kier molecular flexibility index (Phi) is 7.18. The van der Waals surface area contributed by atoms with Gasteiger partial charge < -0.3 is 4.57 Å². The van der Waals surface area contributed by atoms with Gasteiger partial charge in [0, 0.05) is 21.9 Å². The maximum Gasteiger partial charge on any atom is 0.0541 e. The highest BCUT2D eigenvalue weighted by atomic mass is 15.0. The Balaban J connectivity index is 1.21. The monoisotopic (exact) mass is 667 g/mol. The van der Waals surface area contributed by atoms with Crippen LogP contribution >= 0.6 is 0 Å². The summed E-state index contributed by atoms with van der Waals surface area (Å²) in [4.78, 5) is 0. The van der Waals surface area contributed by atoms with Gasteiger partial charge in [0.1, 0.15) is 0 Å². The van der Waals surface area contributed by atoms with Crippen LogP contribution < -0.4 is 0 Å². The van der Waals surface area contributed by atoms with Crippen molar-refractivity contribution >= 4 is 43.4 Å². The molecule has 250 valence electrons. The summed E-state index contributed by atoms with van der Waals surface area (Å²) in [5.74, 6) is 0. The smallest absolute Gasteiger partial charge is 0.0541 e. The van der Waals surface area contributed by atoms with Crippen LogP contribution in [0.15, 0.2) is 164 Å². The molecule has 0 fully saturated rings. The van der Waals surface area contributed by atoms with Crippen molar-refractivity contribution < 1.29 is 0 Å². The van der Waals surface area contributed by atoms with Crippen LogP contribution in [0.25, 0.3) is 82.4 Å². The summed E-state index contributed by atoms with van der Waals surface area (Å²) in [7, 11) is 0. The normalized spacial score (nSPS) is 13.3. The van der Waals surface area contributed by atoms with E-state index in [-0.39, 0.29) is 5.41 Å². The van der Waals surface area contributed by atoms with E-state index >= 15 is 0 Å². The number of hydrogen-bond donors (Lipinski definition) is 0. The fraction of sp³-hybridized carbons (Fsp3) is 0.137. The molecule has 0 N–H and O–H groups in total. The van der Waals surface area contributed by atoms with E-state index in [0.717, 1.165) is 25.7 Å². The highest BCUT2D eigenvalue weighted by Crippen LogP contribution is 2.54. The van der Waals surface area contributed by atoms with Crippen molar-refractivity contribution in [1.82, 2.24) is 4.57 Å². The van der Waals surface area contributed by atoms with Gasteiger partial charge in [0.05, 0.1) is 11.0 Å². The topological polar surface area (TPSA) is 4.93 Å². The molecular weight excluding hydrogens is 627 g/mol. The molecule has 0 aliphatic heterocycles. The van der Waals surface area contributed by atoms with Crippen LogP contribution in [0.5, 0.6) is 0 Å². The van der Waals surface area contributed by atoms with Gasteiger partial charge in [0.25, 0.3) is 0 Å². The number of hydrogen-bond acceptors (Lipinski definition) is 0. The van der Waals surface area contributed by atoms with E-state index in [1.54, 1.807) is 0 Å². The summed E-state index contributed by atoms with van der Waals surface area (Å²) in [6.07, 6.45) is 4.63. The minimum atomic E-state index is 0.0384. The molecule has 0 saturated heterocycles. The Labute approximate surface area is 305 Å². The average Bonchev–Trinajstić information content (AvgIpc) is 3.66. The molecule has 0 amide bonds. The first-order valence-electron chi connectivity index (χ1n) is 19.0. The van der Waals surface area contributed by atoms with Crippen LogP contribution in [-0.4, -0.2) is 4.57 Å². The third-order valence-electron chi connectivity index (χ3n) is 11.8. The number of nitrogens with zero attached hydrogens (tertiary/aromatic N) is 1. The van der Waals surface area contributed by atoms with Crippen molar-refractivity contribution in [1.29, 1.82) is 0 Å². The SMILES string of the molecule is CCCC1(CCC)c2ccccc2-c2ccc(-n3c4ccc(-c5ccc6ccccc6c5)cc4c4cc(-c5ccc6ccccc6c5)ccc43)cc21. The maximum atomic E-state index is 2.54. The van der Waals surface area contributed by atoms with Crippen molar-refractivity contribution in [2.75, 3.05) is 0 Å². The van der Waals surface area contributed by atoms with Gasteiger partial charge in [-0.05, 0) is 127 Å². The van der Waals surface area contributed by atoms with Crippen molar-refractivity contribution in [2.24, 2.45) is 0 Å². The summed E-state index contributed by atoms with van der Waals surface area (Å²) in [6.45, 7) is 4.68. The molecule has 0 unspecified atom stereocenters. The second-order valence-corrected chi connectivity index (χ2v) is 14.8. The van der Waals surface area contributed by atoms with Crippen molar-refractivity contribution in [3.05, 3.63) is 175 Å². The molecule has 0 radical (unpaired) electrons. The van der Waals surface area contributed by atoms with Crippen molar-refractivity contribution in [3.63, 3.8) is 0 Å². The Bertz CT molecular complexity index is 2690. The predicted molar refractivity (Wildman–Crippen MR) is 223 cm³/mol. The van der Waals surface area contributed by atoms with Gasteiger partial charge in [-0.2, -0.15) is 0 Å². The number of aromatic nitrogens is 1. The van der Waals surface area contributed by atoms with Gasteiger partial charge in [0.15, 0.2) is 0 Å². The standard InChI is InChI=1S/C51H41N/c1-3-27-51(28-4-2)47-16-10-9-15-43(47)44-24-23-42(33-48(44)51)52-49-25-21-40(38-19-17-34-11-5-7-13-36(34)29-38)31-45(49)46-32-41(22-26-50(46)52)39-20-18-35-12-6-8-14-37(35)30-39/h5-26,29-33H,3-4,27-28H2,1-2H3. The van der Waals surface area contributed by atoms with Crippen LogP contribution in [0.4, 0.5) is 0 Å². The lowest BCUT2D eigenvalue weighted by Gasteiger charge is -2.32. The second kappa shape index (κ2) is 12.1. The van der Waals surface area contributed by atoms with Gasteiger partial charge in [0.2, 0.25) is 0 Å². The maximum absolute atomic E-state index is 2.54. The number of rotatable bonds is 7. The van der Waals surface area contributed by atoms with Crippen LogP contribution in [-0.2, 0) is 5.41 Å². The molecule has 0 atom stereocenters. The van der Waals surface area contributed by atoms with Crippen LogP contribution in [0.1, 0.15) is 50.7 Å². The average molecular weight is 668 g/mol. The van der Waals surface area contributed by atoms with Crippen molar-refractivity contribution in [2.45, 2.75) is 44.9 Å². The molecule has 1 aliphatic carbocycles. The molecule has 9 aromatic rings. The zero-order chi connectivity index (χ0) is 34.8. The summed E-state index contributed by atoms with van der Waals surface area (Å²) in [5, 5.41) is 7.63. The molecule has 8 aromatic carbocycles. The zero-order valence-corrected chi connectivity index (χ0v) is 29.9. The largest absolute Gasteiger partial charge is 0.309 e. The molecule has 0 saturated carbocycles. The molecule has 1 aromatic heterocycles. The molecule has 1 heteroatoms. The third-order valence-corrected chi connectivity index (χ3v) is 11.8. The highest BCUT2D eigenvalue weighted by Gasteiger charge is 2.41. The fourth-order valence-electron chi connectivity index (χ4n) is 9.50. The van der Waals surface area contributed by atoms with E-state index in [1.165, 1.54) is 93.5 Å². The minimum Gasteiger partial charge on any atom is -0.309 e. The van der Waals surface area contributed by atoms with E-state index in [0.29, 0.717) is 0 Å². The summed E-state index contributed by atoms with van der Waals surface area (Å²) in [6, 6.07) is 61.6. The van der Waals surface area contributed by atoms with Gasteiger partial charge in [-0.3, -0.25) is 0 Å². The van der Waals surface area contributed by atoms with E-state index in [2.05, 4.69) is 182 Å². The second-order valence-electron chi connectivity index (χ2n) is 14.8. The number of benzene rings is 8. The Morgan fingerprint density at radius 2 is 0.885 bits per heavy atom. The van der Waals surface area contributed by atoms with E-state index in [1.807, 2.05) is 0 Å². The molecular formula is C51H41N. The lowest BCUT2D eigenvalue weighted by Crippen LogP contribution is -2.25. The van der Waals surface area contributed by atoms with Gasteiger partial charge in [-0.15, -0.1) is 0 Å². The van der Waals surface area contributed by atoms with E-state index in [9.17, 15) is 0 Å². The summed E-state index contributed by atoms with van der Waals surface area (Å²) < 4.78 is 2.52. The van der Waals surface area contributed by atoms with Crippen LogP contribution in [0.3, 0.4) is 0 Å². The molecule has 1 aliphatic rings. The van der Waals surface area contributed by atoms with E-state index in [4.69, 9.17) is 0 Å². The predicted octanol–water partition coefficient (Wildman–Crippen LogP) is 14.3. The summed E-state index contributed by atoms with van der Waals surface area (Å²) >= 11 is 0. The lowest BCUT2D eigenvalue weighted by molar-refractivity contribution is 0.436. The molecule has 10 rings (SSSR count). The molecule has 0 spiro atoms. The van der Waals surface area contributed by atoms with Gasteiger partial charge in [-0.25, -0.2) is 0 Å². The summed E-state index contributed by atoms with van der Waals surface area (Å²) in [5.41, 5.74) is 14.5. The van der Waals surface area contributed by atoms with Gasteiger partial charge in [-0.1, -0.05) is 142 Å². The molecule has 0 bridgehead atoms. The lowest BCUT2D eigenvalue weighted by atomic mass is 9.71. The first kappa shape index (κ1) is 30.9. The minimum absolute atomic E-state index is 0.0384. The highest BCUT2D eigenvalue weighted by molar-refractivity contribution is 6.12. The van der Waals surface area contributed by atoms with Crippen LogP contribution in [0.2, 0.25) is 0 Å². The third kappa shape index (κ3) is 4.69. The Morgan fingerprint density at radius 3 is 1.46 bits per heavy atom. The van der Waals surface area contributed by atoms with Crippen LogP contribution in [0, 0.1) is 0 Å². The molecule has 52 heavy (non-hydrogen) atoms. The zero-order valence-electron chi connectivity index (χ0n) is 29.9. The first-order valence-corrected chi connectivity index (χ1v) is 19.0. The van der Waals surface area contributed by atoms with Crippen molar-refractivity contribution in [3.8, 4) is 39.1 Å². The van der Waals surface area contributed by atoms with E-state index < -0.39 is 0 Å².